The van der Waals surface area contributed by atoms with E-state index in [0.29, 0.717) is 0 Å². The van der Waals surface area contributed by atoms with Gasteiger partial charge in [0.25, 0.3) is 0 Å². The number of hydrogen-bond acceptors (Lipinski definition) is 1. The third-order valence-electron chi connectivity index (χ3n) is 6.97. The number of rotatable bonds is 2. The number of aromatic amines is 1. The highest BCUT2D eigenvalue weighted by atomic mass is 14.7. The number of pyridine rings is 1. The number of nitrogens with one attached hydrogen (secondary N) is 1. The van der Waals surface area contributed by atoms with E-state index in [9.17, 15) is 0 Å². The third-order valence-corrected chi connectivity index (χ3v) is 6.97. The summed E-state index contributed by atoms with van der Waals surface area (Å²) in [6, 6.07) is 37.2. The van der Waals surface area contributed by atoms with Crippen LogP contribution in [0.5, 0.6) is 0 Å². The monoisotopic (exact) mass is 408 g/mol. The van der Waals surface area contributed by atoms with E-state index in [-0.39, 0.29) is 0 Å². The predicted molar refractivity (Wildman–Crippen MR) is 131 cm³/mol. The van der Waals surface area contributed by atoms with Crippen LogP contribution in [0.4, 0.5) is 0 Å². The molecule has 1 unspecified atom stereocenters. The second-order valence-corrected chi connectivity index (χ2v) is 8.48. The lowest BCUT2D eigenvalue weighted by atomic mass is 9.67. The van der Waals surface area contributed by atoms with Gasteiger partial charge in [0.15, 0.2) is 0 Å². The zero-order valence-corrected chi connectivity index (χ0v) is 17.4. The van der Waals surface area contributed by atoms with Gasteiger partial charge >= 0.3 is 0 Å². The number of H-pyrrole nitrogens is 1. The van der Waals surface area contributed by atoms with Crippen LogP contribution >= 0.6 is 0 Å². The first-order valence-electron chi connectivity index (χ1n) is 11.0. The lowest BCUT2D eigenvalue weighted by molar-refractivity contribution is 0.770. The molecule has 1 atom stereocenters. The summed E-state index contributed by atoms with van der Waals surface area (Å²) in [7, 11) is 0. The largest absolute Gasteiger partial charge is 0.355 e. The van der Waals surface area contributed by atoms with E-state index in [2.05, 4.69) is 113 Å². The van der Waals surface area contributed by atoms with Crippen molar-refractivity contribution in [2.75, 3.05) is 0 Å². The van der Waals surface area contributed by atoms with Crippen molar-refractivity contribution in [2.24, 2.45) is 0 Å². The maximum atomic E-state index is 4.57. The molecule has 2 heteroatoms. The van der Waals surface area contributed by atoms with Gasteiger partial charge in [0.2, 0.25) is 0 Å². The molecule has 32 heavy (non-hydrogen) atoms. The smallest absolute Gasteiger partial charge is 0.0735 e. The fraction of sp³-hybridized carbons (Fsp3) is 0.0333. The minimum absolute atomic E-state index is 0.439. The van der Waals surface area contributed by atoms with Gasteiger partial charge in [0.05, 0.1) is 5.41 Å². The summed E-state index contributed by atoms with van der Waals surface area (Å²) in [5.41, 5.74) is 9.59. The zero-order valence-electron chi connectivity index (χ0n) is 17.4. The molecule has 0 radical (unpaired) electrons. The van der Waals surface area contributed by atoms with Gasteiger partial charge in [-0.05, 0) is 51.6 Å². The molecule has 0 fully saturated rings. The van der Waals surface area contributed by atoms with Crippen molar-refractivity contribution in [1.29, 1.82) is 0 Å². The van der Waals surface area contributed by atoms with E-state index in [4.69, 9.17) is 0 Å². The molecule has 4 aromatic carbocycles. The lowest BCUT2D eigenvalue weighted by Gasteiger charge is -2.34. The first kappa shape index (κ1) is 17.5. The van der Waals surface area contributed by atoms with Crippen LogP contribution in [-0.4, -0.2) is 9.97 Å². The van der Waals surface area contributed by atoms with Crippen molar-refractivity contribution in [3.63, 3.8) is 0 Å². The molecule has 0 bridgehead atoms. The first-order valence-corrected chi connectivity index (χ1v) is 11.0. The fourth-order valence-corrected chi connectivity index (χ4v) is 5.77. The summed E-state index contributed by atoms with van der Waals surface area (Å²) in [4.78, 5) is 8.23. The van der Waals surface area contributed by atoms with Gasteiger partial charge in [-0.15, -0.1) is 0 Å². The van der Waals surface area contributed by atoms with Crippen LogP contribution in [0.1, 0.15) is 22.3 Å². The van der Waals surface area contributed by atoms with Crippen LogP contribution in [0.2, 0.25) is 0 Å². The Morgan fingerprint density at radius 1 is 0.594 bits per heavy atom. The van der Waals surface area contributed by atoms with Crippen LogP contribution in [0.25, 0.3) is 32.9 Å². The normalized spacial score (nSPS) is 16.9. The molecule has 1 aliphatic rings. The summed E-state index contributed by atoms with van der Waals surface area (Å²) in [5.74, 6) is 0. The highest BCUT2D eigenvalue weighted by molar-refractivity contribution is 6.13. The Kier molecular flexibility index (Phi) is 3.51. The molecular weight excluding hydrogens is 388 g/mol. The molecule has 150 valence electrons. The Morgan fingerprint density at radius 2 is 1.38 bits per heavy atom. The SMILES string of the molecule is c1ccc(C2(c3cccnc3)c3ccccc3-c3ccc4[nH]c5ccccc5c4c32)cc1. The quantitative estimate of drug-likeness (QED) is 0.325. The van der Waals surface area contributed by atoms with Gasteiger partial charge in [0.1, 0.15) is 0 Å². The van der Waals surface area contributed by atoms with E-state index in [1.807, 2.05) is 12.4 Å². The van der Waals surface area contributed by atoms with Gasteiger partial charge in [0, 0.05) is 34.2 Å². The fourth-order valence-electron chi connectivity index (χ4n) is 5.77. The summed E-state index contributed by atoms with van der Waals surface area (Å²) >= 11 is 0. The Hall–Kier alpha value is -4.17. The van der Waals surface area contributed by atoms with Crippen molar-refractivity contribution in [2.45, 2.75) is 5.41 Å². The van der Waals surface area contributed by atoms with E-state index in [1.54, 1.807) is 0 Å². The summed E-state index contributed by atoms with van der Waals surface area (Å²) in [6.07, 6.45) is 3.89. The number of aromatic nitrogens is 2. The molecule has 0 saturated heterocycles. The number of nitrogens with zero attached hydrogens (tertiary/aromatic N) is 1. The maximum absolute atomic E-state index is 4.57. The predicted octanol–water partition coefficient (Wildman–Crippen LogP) is 7.08. The molecule has 0 spiro atoms. The Balaban J connectivity index is 1.77. The molecule has 0 amide bonds. The van der Waals surface area contributed by atoms with Crippen LogP contribution in [0.3, 0.4) is 0 Å². The summed E-state index contributed by atoms with van der Waals surface area (Å²) in [6.45, 7) is 0. The van der Waals surface area contributed by atoms with Crippen molar-refractivity contribution in [3.05, 3.63) is 138 Å². The standard InChI is InChI=1S/C30H20N2/c1-2-9-20(10-3-1)30(21-11-8-18-31-19-21)25-14-6-4-12-22(25)23-16-17-27-28(29(23)30)24-13-5-7-15-26(24)32-27/h1-19,32H. The van der Waals surface area contributed by atoms with Gasteiger partial charge in [-0.1, -0.05) is 84.9 Å². The maximum Gasteiger partial charge on any atom is 0.0735 e. The molecule has 1 N–H and O–H groups in total. The van der Waals surface area contributed by atoms with E-state index >= 15 is 0 Å². The number of para-hydroxylation sites is 1. The van der Waals surface area contributed by atoms with E-state index in [0.717, 1.165) is 0 Å². The molecule has 2 nitrogen and oxygen atoms in total. The lowest BCUT2D eigenvalue weighted by Crippen LogP contribution is -2.29. The van der Waals surface area contributed by atoms with Crippen molar-refractivity contribution >= 4 is 21.8 Å². The minimum atomic E-state index is -0.439. The molecule has 2 aromatic heterocycles. The molecular formula is C30H20N2. The van der Waals surface area contributed by atoms with E-state index in [1.165, 1.54) is 55.2 Å². The average molecular weight is 409 g/mol. The van der Waals surface area contributed by atoms with Crippen LogP contribution in [0.15, 0.2) is 116 Å². The Morgan fingerprint density at radius 3 is 2.25 bits per heavy atom. The highest BCUT2D eigenvalue weighted by Gasteiger charge is 2.47. The van der Waals surface area contributed by atoms with Crippen molar-refractivity contribution < 1.29 is 0 Å². The van der Waals surface area contributed by atoms with Gasteiger partial charge < -0.3 is 4.98 Å². The van der Waals surface area contributed by atoms with Crippen LogP contribution in [-0.2, 0) is 5.41 Å². The van der Waals surface area contributed by atoms with Gasteiger partial charge in [-0.3, -0.25) is 4.98 Å². The number of fused-ring (bicyclic) bond motifs is 7. The van der Waals surface area contributed by atoms with Gasteiger partial charge in [-0.25, -0.2) is 0 Å². The molecule has 6 aromatic rings. The zero-order chi connectivity index (χ0) is 21.1. The number of benzene rings is 4. The Labute approximate surface area is 186 Å². The van der Waals surface area contributed by atoms with E-state index < -0.39 is 5.41 Å². The molecule has 2 heterocycles. The minimum Gasteiger partial charge on any atom is -0.355 e. The second kappa shape index (κ2) is 6.41. The van der Waals surface area contributed by atoms with Crippen molar-refractivity contribution in [1.82, 2.24) is 9.97 Å². The summed E-state index contributed by atoms with van der Waals surface area (Å²) in [5, 5.41) is 2.55. The molecule has 0 saturated carbocycles. The topological polar surface area (TPSA) is 28.7 Å². The van der Waals surface area contributed by atoms with Crippen LogP contribution < -0.4 is 0 Å². The average Bonchev–Trinajstić information content (AvgIpc) is 3.39. The Bertz CT molecular complexity index is 1570. The second-order valence-electron chi connectivity index (χ2n) is 8.48. The highest BCUT2D eigenvalue weighted by Crippen LogP contribution is 2.58. The molecule has 7 rings (SSSR count). The van der Waals surface area contributed by atoms with Gasteiger partial charge in [-0.2, -0.15) is 0 Å². The third kappa shape index (κ3) is 2.11. The first-order chi connectivity index (χ1) is 15.9. The number of hydrogen-bond donors (Lipinski definition) is 1. The van der Waals surface area contributed by atoms with Crippen molar-refractivity contribution in [3.8, 4) is 11.1 Å². The molecule has 0 aliphatic heterocycles. The summed E-state index contributed by atoms with van der Waals surface area (Å²) < 4.78 is 0. The molecule has 1 aliphatic carbocycles. The van der Waals surface area contributed by atoms with Crippen LogP contribution in [0, 0.1) is 0 Å².